The van der Waals surface area contributed by atoms with Crippen LogP contribution in [0.25, 0.3) is 0 Å². The van der Waals surface area contributed by atoms with Crippen LogP contribution in [0, 0.1) is 11.3 Å². The quantitative estimate of drug-likeness (QED) is 0.257. The maximum atomic E-state index is 14.5. The van der Waals surface area contributed by atoms with Gasteiger partial charge < -0.3 is 20.6 Å². The molecule has 1 aromatic rings. The van der Waals surface area contributed by atoms with Crippen molar-refractivity contribution in [2.75, 3.05) is 13.2 Å². The molecule has 1 aromatic carbocycles. The third-order valence-corrected chi connectivity index (χ3v) is 10.5. The van der Waals surface area contributed by atoms with Crippen LogP contribution in [0.15, 0.2) is 23.2 Å². The van der Waals surface area contributed by atoms with Gasteiger partial charge in [-0.1, -0.05) is 61.6 Å². The van der Waals surface area contributed by atoms with Crippen molar-refractivity contribution < 1.29 is 23.9 Å². The van der Waals surface area contributed by atoms with Gasteiger partial charge in [-0.15, -0.1) is 11.8 Å². The van der Waals surface area contributed by atoms with Crippen LogP contribution in [-0.2, 0) is 18.8 Å². The minimum Gasteiger partial charge on any atom is -0.396 e. The number of aliphatic imine (C=N–C) groups is 1. The van der Waals surface area contributed by atoms with E-state index >= 15 is 0 Å². The Balaban J connectivity index is 1.51. The summed E-state index contributed by atoms with van der Waals surface area (Å²) in [5, 5.41) is 15.9. The lowest BCUT2D eigenvalue weighted by molar-refractivity contribution is -0.145. The second kappa shape index (κ2) is 12.1. The number of benzene rings is 1. The van der Waals surface area contributed by atoms with Crippen LogP contribution in [0.2, 0.25) is 0 Å². The van der Waals surface area contributed by atoms with Gasteiger partial charge in [0.2, 0.25) is 11.8 Å². The molecular weight excluding hydrogens is 658 g/mol. The molecule has 2 fully saturated rings. The van der Waals surface area contributed by atoms with Gasteiger partial charge in [-0.05, 0) is 62.1 Å². The maximum Gasteiger partial charge on any atom is 0.258 e. The van der Waals surface area contributed by atoms with Crippen molar-refractivity contribution in [2.45, 2.75) is 99.8 Å². The van der Waals surface area contributed by atoms with Crippen molar-refractivity contribution in [1.29, 1.82) is 0 Å². The fourth-order valence-corrected chi connectivity index (χ4v) is 7.43. The first-order valence-electron chi connectivity index (χ1n) is 14.2. The fourth-order valence-electron chi connectivity index (χ4n) is 5.62. The lowest BCUT2D eigenvalue weighted by Gasteiger charge is -2.36. The highest BCUT2D eigenvalue weighted by Gasteiger charge is 2.53. The predicted octanol–water partition coefficient (Wildman–Crippen LogP) is 4.64. The number of carbonyl (C=O) groups excluding carboxylic acids is 3. The standard InChI is InChI=1S/C30H42FIN4O4S/c1-17(21-8-7-19(12-20(21)13-32)24-29(5,6)33-16-41-24)34-25(38)22-11-18(15-37)14-36(22)26(39)23(28(2,3)4)35-27(40)30(31)9-10-30/h7-8,12,16-18,22-24,37H,9-11,13-15H2,1-6H3,(H,34,38)(H,35,40). The lowest BCUT2D eigenvalue weighted by Crippen LogP contribution is -2.59. The Kier molecular flexibility index (Phi) is 9.50. The molecule has 5 atom stereocenters. The monoisotopic (exact) mass is 700 g/mol. The number of aliphatic hydroxyl groups excluding tert-OH is 1. The summed E-state index contributed by atoms with van der Waals surface area (Å²) in [6.45, 7) is 11.6. The number of likely N-dealkylation sites (tertiary alicyclic amines) is 1. The minimum atomic E-state index is -1.92. The van der Waals surface area contributed by atoms with Gasteiger partial charge in [0.25, 0.3) is 5.91 Å². The zero-order valence-corrected chi connectivity index (χ0v) is 27.6. The second-order valence-electron chi connectivity index (χ2n) is 13.3. The molecule has 5 unspecified atom stereocenters. The summed E-state index contributed by atoms with van der Waals surface area (Å²) in [5.41, 5.74) is 2.42. The molecule has 1 aliphatic carbocycles. The van der Waals surface area contributed by atoms with Crippen LogP contribution in [0.5, 0.6) is 0 Å². The Bertz CT molecular complexity index is 1220. The Morgan fingerprint density at radius 2 is 1.93 bits per heavy atom. The van der Waals surface area contributed by atoms with Gasteiger partial charge >= 0.3 is 0 Å². The van der Waals surface area contributed by atoms with Crippen LogP contribution in [-0.4, -0.2) is 69.7 Å². The van der Waals surface area contributed by atoms with E-state index in [0.717, 1.165) is 15.6 Å². The molecule has 1 saturated carbocycles. The molecule has 0 radical (unpaired) electrons. The molecular formula is C30H42FIN4O4S. The Morgan fingerprint density at radius 1 is 1.24 bits per heavy atom. The van der Waals surface area contributed by atoms with Gasteiger partial charge in [-0.2, -0.15) is 0 Å². The number of halogens is 2. The first-order chi connectivity index (χ1) is 19.1. The number of carbonyl (C=O) groups is 3. The molecule has 0 bridgehead atoms. The Hall–Kier alpha value is -1.73. The predicted molar refractivity (Wildman–Crippen MR) is 169 cm³/mol. The SMILES string of the molecule is CC(NC(=O)C1CC(CO)CN1C(=O)C(NC(=O)C1(F)CC1)C(C)(C)C)c1ccc(C2SC=NC2(C)C)cc1CI. The number of rotatable bonds is 9. The molecule has 226 valence electrons. The number of aliphatic hydroxyl groups is 1. The van der Waals surface area contributed by atoms with Crippen LogP contribution < -0.4 is 10.6 Å². The molecule has 11 heteroatoms. The first-order valence-corrected chi connectivity index (χ1v) is 16.7. The Morgan fingerprint density at radius 3 is 2.46 bits per heavy atom. The van der Waals surface area contributed by atoms with Crippen molar-refractivity contribution in [2.24, 2.45) is 16.3 Å². The van der Waals surface area contributed by atoms with Gasteiger partial charge in [0.05, 0.1) is 22.4 Å². The van der Waals surface area contributed by atoms with Gasteiger partial charge in [0.1, 0.15) is 12.1 Å². The summed E-state index contributed by atoms with van der Waals surface area (Å²) >= 11 is 4.05. The highest BCUT2D eigenvalue weighted by molar-refractivity contribution is 14.1. The molecule has 2 aliphatic heterocycles. The van der Waals surface area contributed by atoms with E-state index in [9.17, 15) is 23.9 Å². The molecule has 0 spiro atoms. The number of hydrogen-bond acceptors (Lipinski definition) is 6. The van der Waals surface area contributed by atoms with Crippen molar-refractivity contribution in [3.05, 3.63) is 34.9 Å². The van der Waals surface area contributed by atoms with Crippen LogP contribution in [0.3, 0.4) is 0 Å². The summed E-state index contributed by atoms with van der Waals surface area (Å²) in [6, 6.07) is 4.23. The molecule has 3 amide bonds. The average Bonchev–Trinajstić information content (AvgIpc) is 3.35. The van der Waals surface area contributed by atoms with Gasteiger partial charge in [0, 0.05) is 23.5 Å². The molecule has 0 aromatic heterocycles. The van der Waals surface area contributed by atoms with E-state index in [2.05, 4.69) is 70.3 Å². The summed E-state index contributed by atoms with van der Waals surface area (Å²) in [4.78, 5) is 46.1. The number of alkyl halides is 2. The largest absolute Gasteiger partial charge is 0.396 e. The molecule has 41 heavy (non-hydrogen) atoms. The molecule has 8 nitrogen and oxygen atoms in total. The van der Waals surface area contributed by atoms with Crippen LogP contribution in [0.1, 0.15) is 88.8 Å². The van der Waals surface area contributed by atoms with Gasteiger partial charge in [0.15, 0.2) is 5.67 Å². The van der Waals surface area contributed by atoms with E-state index in [0.29, 0.717) is 6.42 Å². The lowest BCUT2D eigenvalue weighted by atomic mass is 9.85. The van der Waals surface area contributed by atoms with Crippen molar-refractivity contribution >= 4 is 57.6 Å². The van der Waals surface area contributed by atoms with Crippen molar-refractivity contribution in [3.63, 3.8) is 0 Å². The van der Waals surface area contributed by atoms with E-state index in [4.69, 9.17) is 0 Å². The molecule has 3 N–H and O–H groups in total. The number of hydrogen-bond donors (Lipinski definition) is 3. The van der Waals surface area contributed by atoms with E-state index in [1.165, 1.54) is 10.5 Å². The second-order valence-corrected chi connectivity index (χ2v) is 15.0. The number of thioether (sulfide) groups is 1. The molecule has 3 aliphatic rings. The highest BCUT2D eigenvalue weighted by Crippen LogP contribution is 2.45. The van der Waals surface area contributed by atoms with Crippen LogP contribution in [0.4, 0.5) is 4.39 Å². The molecule has 1 saturated heterocycles. The van der Waals surface area contributed by atoms with Gasteiger partial charge in [-0.3, -0.25) is 19.4 Å². The number of nitrogens with zero attached hydrogens (tertiary/aromatic N) is 2. The van der Waals surface area contributed by atoms with E-state index in [-0.39, 0.29) is 54.6 Å². The third-order valence-electron chi connectivity index (χ3n) is 8.38. The average molecular weight is 701 g/mol. The zero-order chi connectivity index (χ0) is 30.3. The highest BCUT2D eigenvalue weighted by atomic mass is 127. The van der Waals surface area contributed by atoms with Crippen LogP contribution >= 0.6 is 34.4 Å². The third kappa shape index (κ3) is 6.92. The molecule has 2 heterocycles. The fraction of sp³-hybridized carbons (Fsp3) is 0.667. The smallest absolute Gasteiger partial charge is 0.258 e. The summed E-state index contributed by atoms with van der Waals surface area (Å²) in [6.07, 6.45) is 0.605. The minimum absolute atomic E-state index is 0.147. The van der Waals surface area contributed by atoms with E-state index < -0.39 is 35.0 Å². The Labute approximate surface area is 260 Å². The molecule has 4 rings (SSSR count). The summed E-state index contributed by atoms with van der Waals surface area (Å²) in [7, 11) is 0. The van der Waals surface area contributed by atoms with Crippen molar-refractivity contribution in [1.82, 2.24) is 15.5 Å². The summed E-state index contributed by atoms with van der Waals surface area (Å²) in [5.74, 6) is -1.79. The first kappa shape index (κ1) is 32.2. The van der Waals surface area contributed by atoms with Crippen molar-refractivity contribution in [3.8, 4) is 0 Å². The number of nitrogens with one attached hydrogen (secondary N) is 2. The topological polar surface area (TPSA) is 111 Å². The van der Waals surface area contributed by atoms with Gasteiger partial charge in [-0.25, -0.2) is 4.39 Å². The van der Waals surface area contributed by atoms with E-state index in [1.807, 2.05) is 12.5 Å². The number of amides is 3. The van der Waals surface area contributed by atoms with E-state index in [1.54, 1.807) is 32.5 Å². The summed E-state index contributed by atoms with van der Waals surface area (Å²) < 4.78 is 15.2. The zero-order valence-electron chi connectivity index (χ0n) is 24.7. The maximum absolute atomic E-state index is 14.5. The normalized spacial score (nSPS) is 26.0.